The Bertz CT molecular complexity index is 1100. The van der Waals surface area contributed by atoms with Crippen LogP contribution in [0.2, 0.25) is 0 Å². The predicted molar refractivity (Wildman–Crippen MR) is 97.4 cm³/mol. The first kappa shape index (κ1) is 15.3. The van der Waals surface area contributed by atoms with Crippen LogP contribution in [0, 0.1) is 12.7 Å². The van der Waals surface area contributed by atoms with E-state index in [9.17, 15) is 9.18 Å². The van der Waals surface area contributed by atoms with Crippen LogP contribution >= 0.6 is 27.3 Å². The van der Waals surface area contributed by atoms with Gasteiger partial charge < -0.3 is 5.32 Å². The van der Waals surface area contributed by atoms with Crippen molar-refractivity contribution in [2.75, 3.05) is 5.32 Å². The molecule has 7 heteroatoms. The number of rotatable bonds is 2. The number of benzene rings is 2. The number of carbonyl (C=O) groups is 1. The van der Waals surface area contributed by atoms with Crippen molar-refractivity contribution in [2.24, 2.45) is 0 Å². The minimum absolute atomic E-state index is 0.231. The number of amides is 1. The van der Waals surface area contributed by atoms with E-state index in [0.29, 0.717) is 15.0 Å². The van der Waals surface area contributed by atoms with Gasteiger partial charge in [0.2, 0.25) is 0 Å². The first-order chi connectivity index (χ1) is 11.5. The van der Waals surface area contributed by atoms with Gasteiger partial charge in [0.15, 0.2) is 4.96 Å². The molecule has 0 unspecified atom stereocenters. The highest BCUT2D eigenvalue weighted by Crippen LogP contribution is 2.28. The number of fused-ring (bicyclic) bond motifs is 3. The molecule has 2 aromatic carbocycles. The maximum atomic E-state index is 13.3. The number of aromatic nitrogens is 2. The molecular formula is C17H11BrFN3OS. The van der Waals surface area contributed by atoms with E-state index in [1.54, 1.807) is 0 Å². The summed E-state index contributed by atoms with van der Waals surface area (Å²) in [6.07, 6.45) is 0. The zero-order chi connectivity index (χ0) is 16.8. The van der Waals surface area contributed by atoms with Crippen molar-refractivity contribution in [3.05, 3.63) is 63.3 Å². The van der Waals surface area contributed by atoms with E-state index in [1.165, 1.54) is 29.5 Å². The van der Waals surface area contributed by atoms with Gasteiger partial charge in [0, 0.05) is 11.4 Å². The molecule has 0 aliphatic carbocycles. The molecule has 0 spiro atoms. The molecule has 4 nitrogen and oxygen atoms in total. The molecule has 4 rings (SSSR count). The molecule has 0 aliphatic heterocycles. The summed E-state index contributed by atoms with van der Waals surface area (Å²) in [6, 6.07) is 12.2. The number of para-hydroxylation sites is 2. The lowest BCUT2D eigenvalue weighted by Crippen LogP contribution is -2.12. The van der Waals surface area contributed by atoms with Crippen LogP contribution in [0.5, 0.6) is 0 Å². The van der Waals surface area contributed by atoms with Crippen molar-refractivity contribution in [1.29, 1.82) is 0 Å². The first-order valence-corrected chi connectivity index (χ1v) is 8.78. The van der Waals surface area contributed by atoms with Gasteiger partial charge in [-0.15, -0.1) is 0 Å². The molecule has 0 fully saturated rings. The van der Waals surface area contributed by atoms with Gasteiger partial charge in [0.1, 0.15) is 10.7 Å². The summed E-state index contributed by atoms with van der Waals surface area (Å²) in [5.41, 5.74) is 3.25. The zero-order valence-electron chi connectivity index (χ0n) is 12.5. The summed E-state index contributed by atoms with van der Waals surface area (Å²) >= 11 is 4.46. The molecule has 4 aromatic rings. The molecule has 0 aliphatic rings. The number of halogens is 2. The van der Waals surface area contributed by atoms with Gasteiger partial charge in [-0.25, -0.2) is 9.37 Å². The topological polar surface area (TPSA) is 46.4 Å². The maximum absolute atomic E-state index is 13.3. The highest BCUT2D eigenvalue weighted by molar-refractivity contribution is 9.10. The number of hydrogen-bond donors (Lipinski definition) is 1. The van der Waals surface area contributed by atoms with Crippen LogP contribution in [-0.2, 0) is 0 Å². The third-order valence-electron chi connectivity index (χ3n) is 3.77. The van der Waals surface area contributed by atoms with E-state index in [0.717, 1.165) is 21.7 Å². The number of aryl methyl sites for hydroxylation is 1. The van der Waals surface area contributed by atoms with Crippen LogP contribution in [0.15, 0.2) is 46.9 Å². The van der Waals surface area contributed by atoms with Gasteiger partial charge in [0.25, 0.3) is 5.91 Å². The zero-order valence-corrected chi connectivity index (χ0v) is 14.9. The Kier molecular flexibility index (Phi) is 3.62. The van der Waals surface area contributed by atoms with Crippen molar-refractivity contribution in [3.63, 3.8) is 0 Å². The van der Waals surface area contributed by atoms with Crippen molar-refractivity contribution in [2.45, 2.75) is 6.92 Å². The molecule has 1 amide bonds. The van der Waals surface area contributed by atoms with Gasteiger partial charge in [0.05, 0.1) is 15.5 Å². The molecular weight excluding hydrogens is 393 g/mol. The molecule has 0 bridgehead atoms. The van der Waals surface area contributed by atoms with Gasteiger partial charge in [-0.3, -0.25) is 9.20 Å². The second-order valence-electron chi connectivity index (χ2n) is 5.32. The summed E-state index contributed by atoms with van der Waals surface area (Å²) < 4.78 is 15.6. The van der Waals surface area contributed by atoms with Crippen molar-refractivity contribution in [3.8, 4) is 0 Å². The second-order valence-corrected chi connectivity index (χ2v) is 7.15. The van der Waals surface area contributed by atoms with E-state index in [-0.39, 0.29) is 11.7 Å². The van der Waals surface area contributed by atoms with E-state index in [4.69, 9.17) is 0 Å². The average Bonchev–Trinajstić information content (AvgIpc) is 3.08. The van der Waals surface area contributed by atoms with Crippen LogP contribution in [0.1, 0.15) is 15.4 Å². The summed E-state index contributed by atoms with van der Waals surface area (Å²) in [5, 5.41) is 2.80. The molecule has 2 aromatic heterocycles. The minimum atomic E-state index is -0.370. The third-order valence-corrected chi connectivity index (χ3v) is 5.52. The van der Waals surface area contributed by atoms with Crippen LogP contribution in [0.25, 0.3) is 16.0 Å². The predicted octanol–water partition coefficient (Wildman–Crippen LogP) is 5.01. The highest BCUT2D eigenvalue weighted by Gasteiger charge is 2.19. The number of nitrogens with zero attached hydrogens (tertiary/aromatic N) is 2. The van der Waals surface area contributed by atoms with E-state index in [2.05, 4.69) is 26.2 Å². The Morgan fingerprint density at radius 1 is 1.29 bits per heavy atom. The second kappa shape index (κ2) is 5.68. The van der Waals surface area contributed by atoms with Crippen LogP contribution in [0.4, 0.5) is 10.1 Å². The van der Waals surface area contributed by atoms with Crippen molar-refractivity contribution in [1.82, 2.24) is 9.38 Å². The molecule has 0 atom stereocenters. The van der Waals surface area contributed by atoms with E-state index in [1.807, 2.05) is 35.6 Å². The Hall–Kier alpha value is -2.25. The molecule has 0 radical (unpaired) electrons. The van der Waals surface area contributed by atoms with Gasteiger partial charge >= 0.3 is 0 Å². The van der Waals surface area contributed by atoms with Crippen molar-refractivity contribution < 1.29 is 9.18 Å². The number of anilines is 1. The largest absolute Gasteiger partial charge is 0.321 e. The quantitative estimate of drug-likeness (QED) is 0.511. The fourth-order valence-electron chi connectivity index (χ4n) is 2.64. The fraction of sp³-hybridized carbons (Fsp3) is 0.0588. The Balaban J connectivity index is 1.74. The van der Waals surface area contributed by atoms with Gasteiger partial charge in [-0.05, 0) is 53.2 Å². The SMILES string of the molecule is Cc1c(C(=O)Nc2ccc(F)c(Br)c2)sc2nc3ccccc3n12. The maximum Gasteiger partial charge on any atom is 0.267 e. The first-order valence-electron chi connectivity index (χ1n) is 7.17. The van der Waals surface area contributed by atoms with Gasteiger partial charge in [-0.2, -0.15) is 0 Å². The molecule has 2 heterocycles. The monoisotopic (exact) mass is 403 g/mol. The smallest absolute Gasteiger partial charge is 0.267 e. The highest BCUT2D eigenvalue weighted by atomic mass is 79.9. The number of hydrogen-bond acceptors (Lipinski definition) is 3. The summed E-state index contributed by atoms with van der Waals surface area (Å²) in [7, 11) is 0. The molecule has 0 saturated carbocycles. The molecule has 120 valence electrons. The summed E-state index contributed by atoms with van der Waals surface area (Å²) in [6.45, 7) is 1.90. The van der Waals surface area contributed by atoms with Crippen LogP contribution < -0.4 is 5.32 Å². The van der Waals surface area contributed by atoms with E-state index >= 15 is 0 Å². The fourth-order valence-corrected chi connectivity index (χ4v) is 4.05. The number of thiazole rings is 1. The van der Waals surface area contributed by atoms with E-state index < -0.39 is 0 Å². The standard InChI is InChI=1S/C17H11BrFN3OS/c1-9-15(16(23)20-10-6-7-12(19)11(18)8-10)24-17-21-13-4-2-3-5-14(13)22(9)17/h2-8H,1H3,(H,20,23). The Morgan fingerprint density at radius 2 is 2.08 bits per heavy atom. The number of imidazole rings is 1. The van der Waals surface area contributed by atoms with Crippen LogP contribution in [0.3, 0.4) is 0 Å². The summed E-state index contributed by atoms with van der Waals surface area (Å²) in [4.78, 5) is 18.5. The third kappa shape index (κ3) is 2.40. The van der Waals surface area contributed by atoms with Gasteiger partial charge in [-0.1, -0.05) is 23.5 Å². The lowest BCUT2D eigenvalue weighted by molar-refractivity contribution is 0.102. The lowest BCUT2D eigenvalue weighted by atomic mass is 10.3. The minimum Gasteiger partial charge on any atom is -0.321 e. The number of carbonyl (C=O) groups excluding carboxylic acids is 1. The molecule has 24 heavy (non-hydrogen) atoms. The molecule has 0 saturated heterocycles. The van der Waals surface area contributed by atoms with Crippen molar-refractivity contribution >= 4 is 54.9 Å². The average molecular weight is 404 g/mol. The van der Waals surface area contributed by atoms with Crippen LogP contribution in [-0.4, -0.2) is 15.3 Å². The summed E-state index contributed by atoms with van der Waals surface area (Å²) in [5.74, 6) is -0.601. The normalized spacial score (nSPS) is 11.3. The Morgan fingerprint density at radius 3 is 2.88 bits per heavy atom. The molecule has 1 N–H and O–H groups in total. The number of nitrogens with one attached hydrogen (secondary N) is 1. The Labute approximate surface area is 149 Å². The lowest BCUT2D eigenvalue weighted by Gasteiger charge is -2.05.